The van der Waals surface area contributed by atoms with Crippen LogP contribution in [0.15, 0.2) is 30.3 Å². The molecule has 0 saturated heterocycles. The predicted molar refractivity (Wildman–Crippen MR) is 68.7 cm³/mol. The van der Waals surface area contributed by atoms with Crippen LogP contribution in [-0.4, -0.2) is 18.1 Å². The average Bonchev–Trinajstić information content (AvgIpc) is 2.89. The first-order valence-corrected chi connectivity index (χ1v) is 6.35. The second-order valence-electron chi connectivity index (χ2n) is 4.16. The van der Waals surface area contributed by atoms with Crippen molar-refractivity contribution in [1.82, 2.24) is 10.3 Å². The number of nitrogens with one attached hydrogen (secondary N) is 1. The van der Waals surface area contributed by atoms with Crippen LogP contribution in [0, 0.1) is 0 Å². The predicted octanol–water partition coefficient (Wildman–Crippen LogP) is 2.60. The molecule has 1 aliphatic rings. The van der Waals surface area contributed by atoms with Gasteiger partial charge in [0.25, 0.3) is 0 Å². The van der Waals surface area contributed by atoms with Crippen molar-refractivity contribution in [3.63, 3.8) is 0 Å². The van der Waals surface area contributed by atoms with Gasteiger partial charge in [0.15, 0.2) is 0 Å². The van der Waals surface area contributed by atoms with E-state index in [0.717, 1.165) is 31.8 Å². The summed E-state index contributed by atoms with van der Waals surface area (Å²) in [5, 5.41) is 3.49. The van der Waals surface area contributed by atoms with Crippen LogP contribution in [0.4, 0.5) is 0 Å². The first-order chi connectivity index (χ1) is 8.36. The fourth-order valence-electron chi connectivity index (χ4n) is 2.22. The van der Waals surface area contributed by atoms with Gasteiger partial charge in [0.1, 0.15) is 5.76 Å². The minimum atomic E-state index is 0.181. The molecule has 0 aliphatic carbocycles. The Morgan fingerprint density at radius 1 is 1.47 bits per heavy atom. The number of aryl methyl sites for hydroxylation is 1. The largest absolute Gasteiger partial charge is 0.496 e. The second kappa shape index (κ2) is 5.82. The number of hydrogen-bond acceptors (Lipinski definition) is 3. The van der Waals surface area contributed by atoms with Crippen LogP contribution in [0.2, 0.25) is 0 Å². The maximum absolute atomic E-state index is 5.70. The lowest BCUT2D eigenvalue weighted by atomic mass is 9.99. The molecule has 0 bridgehead atoms. The highest BCUT2D eigenvalue weighted by Crippen LogP contribution is 2.28. The van der Waals surface area contributed by atoms with E-state index in [9.17, 15) is 0 Å². The lowest BCUT2D eigenvalue weighted by Crippen LogP contribution is -2.24. The third-order valence-electron chi connectivity index (χ3n) is 3.06. The van der Waals surface area contributed by atoms with Gasteiger partial charge in [0.2, 0.25) is 0 Å². The van der Waals surface area contributed by atoms with Gasteiger partial charge in [-0.15, -0.1) is 0 Å². The highest BCUT2D eigenvalue weighted by molar-refractivity contribution is 5.32. The van der Waals surface area contributed by atoms with Gasteiger partial charge in [0, 0.05) is 18.8 Å². The van der Waals surface area contributed by atoms with Gasteiger partial charge >= 0.3 is 0 Å². The highest BCUT2D eigenvalue weighted by atomic mass is 16.5. The summed E-state index contributed by atoms with van der Waals surface area (Å²) in [6.07, 6.45) is 8.01. The Labute approximate surface area is 103 Å². The lowest BCUT2D eigenvalue weighted by Gasteiger charge is -2.21. The number of pyridine rings is 1. The summed E-state index contributed by atoms with van der Waals surface area (Å²) >= 11 is 0. The van der Waals surface area contributed by atoms with Crippen molar-refractivity contribution in [2.75, 3.05) is 13.2 Å². The summed E-state index contributed by atoms with van der Waals surface area (Å²) in [7, 11) is 0. The number of likely N-dealkylation sites (N-methyl/N-ethyl adjacent to an activating group) is 1. The molecule has 1 N–H and O–H groups in total. The molecular formula is C14H20N2O. The standard InChI is InChI=1S/C14H20N2O/c1-3-11-10-15-8-7-12(11)14(16-4-2)13-6-5-9-17-13/h6-8,10,14,16H,3-5,9H2,1-2H3. The molecule has 92 valence electrons. The first kappa shape index (κ1) is 12.1. The number of ether oxygens (including phenoxy) is 1. The van der Waals surface area contributed by atoms with Crippen LogP contribution in [-0.2, 0) is 11.2 Å². The molecule has 3 heteroatoms. The van der Waals surface area contributed by atoms with E-state index in [1.807, 2.05) is 12.4 Å². The Kier molecular flexibility index (Phi) is 4.15. The average molecular weight is 232 g/mol. The van der Waals surface area contributed by atoms with Crippen molar-refractivity contribution in [3.8, 4) is 0 Å². The zero-order valence-corrected chi connectivity index (χ0v) is 10.6. The van der Waals surface area contributed by atoms with Crippen molar-refractivity contribution in [2.45, 2.75) is 32.7 Å². The zero-order chi connectivity index (χ0) is 12.1. The number of rotatable bonds is 5. The summed E-state index contributed by atoms with van der Waals surface area (Å²) in [5.41, 5.74) is 2.58. The van der Waals surface area contributed by atoms with Crippen LogP contribution in [0.3, 0.4) is 0 Å². The molecule has 2 heterocycles. The van der Waals surface area contributed by atoms with Crippen LogP contribution in [0.1, 0.15) is 37.4 Å². The summed E-state index contributed by atoms with van der Waals surface area (Å²) < 4.78 is 5.70. The van der Waals surface area contributed by atoms with Crippen LogP contribution in [0.25, 0.3) is 0 Å². The van der Waals surface area contributed by atoms with E-state index in [4.69, 9.17) is 4.74 Å². The highest BCUT2D eigenvalue weighted by Gasteiger charge is 2.21. The molecule has 0 spiro atoms. The fraction of sp³-hybridized carbons (Fsp3) is 0.500. The second-order valence-corrected chi connectivity index (χ2v) is 4.16. The quantitative estimate of drug-likeness (QED) is 0.847. The van der Waals surface area contributed by atoms with Gasteiger partial charge in [0.05, 0.1) is 12.6 Å². The molecule has 1 aliphatic heterocycles. The maximum Gasteiger partial charge on any atom is 0.114 e. The van der Waals surface area contributed by atoms with Crippen LogP contribution >= 0.6 is 0 Å². The Balaban J connectivity index is 2.31. The Bertz CT molecular complexity index is 401. The fourth-order valence-corrected chi connectivity index (χ4v) is 2.22. The van der Waals surface area contributed by atoms with Crippen molar-refractivity contribution in [3.05, 3.63) is 41.4 Å². The normalized spacial score (nSPS) is 16.5. The third-order valence-corrected chi connectivity index (χ3v) is 3.06. The molecular weight excluding hydrogens is 212 g/mol. The Hall–Kier alpha value is -1.35. The minimum Gasteiger partial charge on any atom is -0.496 e. The smallest absolute Gasteiger partial charge is 0.114 e. The number of aromatic nitrogens is 1. The summed E-state index contributed by atoms with van der Waals surface area (Å²) in [4.78, 5) is 4.20. The molecule has 0 aromatic carbocycles. The summed E-state index contributed by atoms with van der Waals surface area (Å²) in [6, 6.07) is 2.27. The molecule has 0 amide bonds. The molecule has 1 unspecified atom stereocenters. The summed E-state index contributed by atoms with van der Waals surface area (Å²) in [6.45, 7) is 6.02. The van der Waals surface area contributed by atoms with Gasteiger partial charge in [-0.2, -0.15) is 0 Å². The van der Waals surface area contributed by atoms with Crippen LogP contribution < -0.4 is 5.32 Å². The van der Waals surface area contributed by atoms with Crippen molar-refractivity contribution < 1.29 is 4.74 Å². The lowest BCUT2D eigenvalue weighted by molar-refractivity contribution is 0.216. The summed E-state index contributed by atoms with van der Waals surface area (Å²) in [5.74, 6) is 1.06. The molecule has 0 saturated carbocycles. The third kappa shape index (κ3) is 2.67. The minimum absolute atomic E-state index is 0.181. The van der Waals surface area contributed by atoms with Gasteiger partial charge in [-0.3, -0.25) is 4.98 Å². The Morgan fingerprint density at radius 3 is 3.00 bits per heavy atom. The van der Waals surface area contributed by atoms with Crippen molar-refractivity contribution in [1.29, 1.82) is 0 Å². The molecule has 0 fully saturated rings. The van der Waals surface area contributed by atoms with E-state index in [-0.39, 0.29) is 6.04 Å². The molecule has 1 aromatic heterocycles. The first-order valence-electron chi connectivity index (χ1n) is 6.35. The number of nitrogens with zero attached hydrogens (tertiary/aromatic N) is 1. The van der Waals surface area contributed by atoms with E-state index in [0.29, 0.717) is 0 Å². The van der Waals surface area contributed by atoms with Crippen molar-refractivity contribution in [2.24, 2.45) is 0 Å². The van der Waals surface area contributed by atoms with E-state index in [1.54, 1.807) is 0 Å². The van der Waals surface area contributed by atoms with Crippen LogP contribution in [0.5, 0.6) is 0 Å². The molecule has 2 rings (SSSR count). The van der Waals surface area contributed by atoms with E-state index in [2.05, 4.69) is 36.3 Å². The van der Waals surface area contributed by atoms with E-state index in [1.165, 1.54) is 11.1 Å². The van der Waals surface area contributed by atoms with E-state index < -0.39 is 0 Å². The van der Waals surface area contributed by atoms with Gasteiger partial charge in [-0.1, -0.05) is 13.8 Å². The topological polar surface area (TPSA) is 34.1 Å². The molecule has 17 heavy (non-hydrogen) atoms. The van der Waals surface area contributed by atoms with Crippen molar-refractivity contribution >= 4 is 0 Å². The molecule has 1 atom stereocenters. The van der Waals surface area contributed by atoms with Gasteiger partial charge in [-0.05, 0) is 36.2 Å². The molecule has 3 nitrogen and oxygen atoms in total. The zero-order valence-electron chi connectivity index (χ0n) is 10.6. The number of hydrogen-bond donors (Lipinski definition) is 1. The van der Waals surface area contributed by atoms with Gasteiger partial charge in [-0.25, -0.2) is 0 Å². The van der Waals surface area contributed by atoms with E-state index >= 15 is 0 Å². The molecule has 0 radical (unpaired) electrons. The maximum atomic E-state index is 5.70. The molecule has 1 aromatic rings. The monoisotopic (exact) mass is 232 g/mol. The Morgan fingerprint density at radius 2 is 2.35 bits per heavy atom. The SMILES string of the molecule is CCNC(C1=CCCO1)c1ccncc1CC. The van der Waals surface area contributed by atoms with Gasteiger partial charge < -0.3 is 10.1 Å².